The number of carbonyl (C=O) groups is 1. The fraction of sp³-hybridized carbons (Fsp3) is 0.500. The summed E-state index contributed by atoms with van der Waals surface area (Å²) in [6, 6.07) is 2.74. The predicted octanol–water partition coefficient (Wildman–Crippen LogP) is 3.31. The highest BCUT2D eigenvalue weighted by Crippen LogP contribution is 2.19. The van der Waals surface area contributed by atoms with Gasteiger partial charge in [-0.25, -0.2) is 12.8 Å². The summed E-state index contributed by atoms with van der Waals surface area (Å²) < 4.78 is 35.9. The van der Waals surface area contributed by atoms with Crippen LogP contribution in [0.1, 0.15) is 44.0 Å². The van der Waals surface area contributed by atoms with Crippen LogP contribution in [0.25, 0.3) is 0 Å². The first kappa shape index (κ1) is 17.9. The van der Waals surface area contributed by atoms with E-state index < -0.39 is 25.7 Å². The number of rotatable bonds is 6. The second kappa shape index (κ2) is 7.22. The van der Waals surface area contributed by atoms with E-state index in [0.29, 0.717) is 5.92 Å². The lowest BCUT2D eigenvalue weighted by atomic mass is 10.00. The molecule has 0 aliphatic heterocycles. The van der Waals surface area contributed by atoms with E-state index in [-0.39, 0.29) is 11.6 Å². The zero-order valence-electron chi connectivity index (χ0n) is 12.2. The average molecular weight is 336 g/mol. The molecule has 0 fully saturated rings. The average Bonchev–Trinajstić information content (AvgIpc) is 2.36. The van der Waals surface area contributed by atoms with Crippen molar-refractivity contribution in [3.05, 3.63) is 29.6 Å². The zero-order valence-corrected chi connectivity index (χ0v) is 13.8. The Labute approximate surface area is 129 Å². The van der Waals surface area contributed by atoms with Gasteiger partial charge >= 0.3 is 0 Å². The Morgan fingerprint density at radius 1 is 1.33 bits per heavy atom. The third-order valence-electron chi connectivity index (χ3n) is 3.25. The van der Waals surface area contributed by atoms with Crippen molar-refractivity contribution in [3.8, 4) is 0 Å². The van der Waals surface area contributed by atoms with E-state index in [9.17, 15) is 17.6 Å². The minimum absolute atomic E-state index is 0.0646. The number of benzene rings is 1. The monoisotopic (exact) mass is 335 g/mol. The van der Waals surface area contributed by atoms with Crippen LogP contribution in [0, 0.1) is 11.7 Å². The molecule has 1 rings (SSSR count). The number of hydrogen-bond acceptors (Lipinski definition) is 3. The van der Waals surface area contributed by atoms with Gasteiger partial charge in [-0.3, -0.25) is 4.79 Å². The Morgan fingerprint density at radius 2 is 1.95 bits per heavy atom. The lowest BCUT2D eigenvalue weighted by Gasteiger charge is -2.17. The lowest BCUT2D eigenvalue weighted by Crippen LogP contribution is -2.33. The third-order valence-corrected chi connectivity index (χ3v) is 4.58. The maximum absolute atomic E-state index is 13.4. The molecule has 0 bridgehead atoms. The summed E-state index contributed by atoms with van der Waals surface area (Å²) in [5.41, 5.74) is -0.0646. The van der Waals surface area contributed by atoms with Gasteiger partial charge in [-0.15, -0.1) is 0 Å². The van der Waals surface area contributed by atoms with E-state index in [1.807, 2.05) is 6.92 Å². The molecule has 0 aromatic heterocycles. The molecule has 1 aromatic rings. The number of carbonyl (C=O) groups excluding carboxylic acids is 1. The highest BCUT2D eigenvalue weighted by molar-refractivity contribution is 8.13. The summed E-state index contributed by atoms with van der Waals surface area (Å²) in [6.07, 6.45) is 1.78. The summed E-state index contributed by atoms with van der Waals surface area (Å²) in [5, 5.41) is 2.72. The van der Waals surface area contributed by atoms with E-state index in [1.165, 1.54) is 0 Å². The van der Waals surface area contributed by atoms with Crippen LogP contribution in [0.15, 0.2) is 23.1 Å². The van der Waals surface area contributed by atoms with Gasteiger partial charge in [0.05, 0.1) is 4.90 Å². The highest BCUT2D eigenvalue weighted by atomic mass is 35.7. The van der Waals surface area contributed by atoms with Crippen molar-refractivity contribution in [2.24, 2.45) is 5.92 Å². The Bertz CT molecular complexity index is 619. The minimum atomic E-state index is -4.08. The Kier molecular flexibility index (Phi) is 6.16. The van der Waals surface area contributed by atoms with Crippen molar-refractivity contribution in [2.45, 2.75) is 44.6 Å². The second-order valence-electron chi connectivity index (χ2n) is 5.24. The molecule has 4 nitrogen and oxygen atoms in total. The molecule has 0 saturated carbocycles. The fourth-order valence-electron chi connectivity index (χ4n) is 1.97. The molecule has 0 aliphatic rings. The Morgan fingerprint density at radius 3 is 2.48 bits per heavy atom. The molecule has 0 heterocycles. The van der Waals surface area contributed by atoms with Gasteiger partial charge < -0.3 is 5.32 Å². The molecular weight excluding hydrogens is 317 g/mol. The second-order valence-corrected chi connectivity index (χ2v) is 7.80. The summed E-state index contributed by atoms with van der Waals surface area (Å²) in [4.78, 5) is 11.6. The molecule has 21 heavy (non-hydrogen) atoms. The molecule has 0 saturated heterocycles. The van der Waals surface area contributed by atoms with E-state index >= 15 is 0 Å². The number of amides is 1. The predicted molar refractivity (Wildman–Crippen MR) is 80.4 cm³/mol. The minimum Gasteiger partial charge on any atom is -0.350 e. The molecule has 0 radical (unpaired) electrons. The normalized spacial score (nSPS) is 14.5. The molecular formula is C14H19ClFNO3S. The van der Waals surface area contributed by atoms with Gasteiger partial charge in [-0.05, 0) is 37.5 Å². The van der Waals surface area contributed by atoms with Gasteiger partial charge in [0.15, 0.2) is 0 Å². The highest BCUT2D eigenvalue weighted by Gasteiger charge is 2.17. The molecule has 1 aromatic carbocycles. The Hall–Kier alpha value is -1.14. The summed E-state index contributed by atoms with van der Waals surface area (Å²) >= 11 is 0. The van der Waals surface area contributed by atoms with Crippen LogP contribution in [0.3, 0.4) is 0 Å². The lowest BCUT2D eigenvalue weighted by molar-refractivity contribution is 0.0934. The van der Waals surface area contributed by atoms with Gasteiger partial charge in [0.25, 0.3) is 15.0 Å². The van der Waals surface area contributed by atoms with Crippen LogP contribution in [0.5, 0.6) is 0 Å². The molecule has 0 spiro atoms. The maximum Gasteiger partial charge on any atom is 0.261 e. The first-order valence-corrected chi connectivity index (χ1v) is 9.00. The van der Waals surface area contributed by atoms with Gasteiger partial charge in [0.2, 0.25) is 0 Å². The molecule has 2 atom stereocenters. The first-order chi connectivity index (χ1) is 9.63. The topological polar surface area (TPSA) is 63.2 Å². The third kappa shape index (κ3) is 5.63. The van der Waals surface area contributed by atoms with Crippen molar-refractivity contribution in [1.29, 1.82) is 0 Å². The molecule has 2 unspecified atom stereocenters. The molecule has 1 amide bonds. The molecule has 118 valence electrons. The van der Waals surface area contributed by atoms with Crippen LogP contribution in [-0.4, -0.2) is 20.4 Å². The van der Waals surface area contributed by atoms with Crippen LogP contribution in [0.2, 0.25) is 0 Å². The van der Waals surface area contributed by atoms with E-state index in [1.54, 1.807) is 0 Å². The van der Waals surface area contributed by atoms with Crippen LogP contribution in [0.4, 0.5) is 4.39 Å². The SMILES string of the molecule is CCC(C)CC(C)NC(=O)c1cc(F)cc(S(=O)(=O)Cl)c1. The maximum atomic E-state index is 13.4. The van der Waals surface area contributed by atoms with Crippen LogP contribution in [-0.2, 0) is 9.05 Å². The quantitative estimate of drug-likeness (QED) is 0.811. The first-order valence-electron chi connectivity index (χ1n) is 6.69. The molecule has 0 aliphatic carbocycles. The van der Waals surface area contributed by atoms with Gasteiger partial charge in [0.1, 0.15) is 5.82 Å². The van der Waals surface area contributed by atoms with Crippen molar-refractivity contribution in [3.63, 3.8) is 0 Å². The number of hydrogen-bond donors (Lipinski definition) is 1. The largest absolute Gasteiger partial charge is 0.350 e. The zero-order chi connectivity index (χ0) is 16.2. The van der Waals surface area contributed by atoms with Crippen molar-refractivity contribution >= 4 is 25.6 Å². The molecule has 1 N–H and O–H groups in total. The number of halogens is 2. The summed E-state index contributed by atoms with van der Waals surface area (Å²) in [6.45, 7) is 5.98. The van der Waals surface area contributed by atoms with Gasteiger partial charge in [-0.2, -0.15) is 0 Å². The van der Waals surface area contributed by atoms with E-state index in [4.69, 9.17) is 10.7 Å². The van der Waals surface area contributed by atoms with Crippen LogP contribution >= 0.6 is 10.7 Å². The van der Waals surface area contributed by atoms with Crippen molar-refractivity contribution in [2.75, 3.05) is 0 Å². The van der Waals surface area contributed by atoms with Crippen molar-refractivity contribution < 1.29 is 17.6 Å². The molecule has 7 heteroatoms. The van der Waals surface area contributed by atoms with Gasteiger partial charge in [-0.1, -0.05) is 20.3 Å². The Balaban J connectivity index is 2.91. The van der Waals surface area contributed by atoms with Crippen molar-refractivity contribution in [1.82, 2.24) is 5.32 Å². The summed E-state index contributed by atoms with van der Waals surface area (Å²) in [7, 11) is 1.09. The number of nitrogens with one attached hydrogen (secondary N) is 1. The van der Waals surface area contributed by atoms with E-state index in [2.05, 4.69) is 19.2 Å². The summed E-state index contributed by atoms with van der Waals surface area (Å²) in [5.74, 6) is -0.894. The van der Waals surface area contributed by atoms with Crippen LogP contribution < -0.4 is 5.32 Å². The smallest absolute Gasteiger partial charge is 0.261 e. The fourth-order valence-corrected chi connectivity index (χ4v) is 2.76. The van der Waals surface area contributed by atoms with E-state index in [0.717, 1.165) is 31.0 Å². The standard InChI is InChI=1S/C14H19ClFNO3S/c1-4-9(2)5-10(3)17-14(18)11-6-12(16)8-13(7-11)21(15,19)20/h6-10H,4-5H2,1-3H3,(H,17,18). The van der Waals surface area contributed by atoms with Gasteiger partial charge in [0, 0.05) is 22.3 Å².